The number of guanidine groups is 1. The van der Waals surface area contributed by atoms with Gasteiger partial charge in [0, 0.05) is 39.3 Å². The number of halogens is 1. The maximum atomic E-state index is 5.74. The normalized spacial score (nSPS) is 11.1. The molecule has 0 fully saturated rings. The maximum Gasteiger partial charge on any atom is 0.191 e. The van der Waals surface area contributed by atoms with Crippen LogP contribution in [0, 0.1) is 0 Å². The highest BCUT2D eigenvalue weighted by Gasteiger charge is 2.01. The lowest BCUT2D eigenvalue weighted by Crippen LogP contribution is -2.40. The molecule has 0 aliphatic carbocycles. The summed E-state index contributed by atoms with van der Waals surface area (Å²) in [4.78, 5) is 4.60. The van der Waals surface area contributed by atoms with Crippen molar-refractivity contribution in [3.63, 3.8) is 0 Å². The van der Waals surface area contributed by atoms with Crippen LogP contribution in [0.15, 0.2) is 52.1 Å². The quantitative estimate of drug-likeness (QED) is 0.168. The van der Waals surface area contributed by atoms with Crippen LogP contribution in [-0.2, 0) is 22.5 Å². The van der Waals surface area contributed by atoms with E-state index in [9.17, 15) is 0 Å². The summed E-state index contributed by atoms with van der Waals surface area (Å²) in [5.74, 6) is 2.58. The van der Waals surface area contributed by atoms with Crippen molar-refractivity contribution < 1.29 is 18.6 Å². The third kappa shape index (κ3) is 11.4. The molecule has 1 aromatic heterocycles. The van der Waals surface area contributed by atoms with E-state index in [0.717, 1.165) is 55.6 Å². The van der Waals surface area contributed by atoms with E-state index in [1.807, 2.05) is 43.3 Å². The molecule has 1 heterocycles. The number of nitrogens with zero attached hydrogens (tertiary/aromatic N) is 1. The average Bonchev–Trinajstić information content (AvgIpc) is 3.27. The molecule has 0 spiro atoms. The van der Waals surface area contributed by atoms with Gasteiger partial charge in [-0.3, -0.25) is 4.99 Å². The van der Waals surface area contributed by atoms with Crippen LogP contribution in [0.3, 0.4) is 0 Å². The molecule has 8 heteroatoms. The summed E-state index contributed by atoms with van der Waals surface area (Å²) in [5.41, 5.74) is 1.12. The summed E-state index contributed by atoms with van der Waals surface area (Å²) in [5, 5.41) is 6.66. The minimum atomic E-state index is 0. The number of methoxy groups -OCH3 is 1. The van der Waals surface area contributed by atoms with Crippen LogP contribution in [0.25, 0.3) is 0 Å². The van der Waals surface area contributed by atoms with Gasteiger partial charge in [-0.1, -0.05) is 12.1 Å². The first-order valence-electron chi connectivity index (χ1n) is 10.1. The van der Waals surface area contributed by atoms with Gasteiger partial charge in [0.05, 0.1) is 26.6 Å². The molecule has 7 nitrogen and oxygen atoms in total. The summed E-state index contributed by atoms with van der Waals surface area (Å²) in [6, 6.07) is 11.8. The largest absolute Gasteiger partial charge is 0.497 e. The molecule has 0 bridgehead atoms. The van der Waals surface area contributed by atoms with Crippen molar-refractivity contribution in [2.24, 2.45) is 4.99 Å². The Morgan fingerprint density at radius 3 is 2.53 bits per heavy atom. The number of aliphatic imine (C=N–C) groups is 1. The fraction of sp³-hybridized carbons (Fsp3) is 0.500. The molecule has 1 aromatic carbocycles. The fourth-order valence-electron chi connectivity index (χ4n) is 2.59. The van der Waals surface area contributed by atoms with Crippen molar-refractivity contribution in [2.75, 3.05) is 46.6 Å². The molecule has 0 unspecified atom stereocenters. The van der Waals surface area contributed by atoms with Gasteiger partial charge < -0.3 is 29.3 Å². The molecule has 2 aromatic rings. The van der Waals surface area contributed by atoms with Crippen molar-refractivity contribution in [1.82, 2.24) is 10.6 Å². The van der Waals surface area contributed by atoms with E-state index >= 15 is 0 Å². The number of hydrogen-bond donors (Lipinski definition) is 2. The summed E-state index contributed by atoms with van der Waals surface area (Å²) in [6.07, 6.45) is 3.39. The molecule has 0 saturated carbocycles. The standard InChI is InChI=1S/C22H33N3O4.HI/c1-3-27-15-5-12-23-22(24-13-11-21-6-4-16-29-21)25-14-17-28-18-19-7-9-20(26-2)10-8-19;/h4,6-10,16H,3,5,11-15,17-18H2,1-2H3,(H2,23,24,25);1H. The van der Waals surface area contributed by atoms with Gasteiger partial charge in [0.1, 0.15) is 11.5 Å². The van der Waals surface area contributed by atoms with Crippen LogP contribution in [0.1, 0.15) is 24.7 Å². The van der Waals surface area contributed by atoms with Gasteiger partial charge in [-0.25, -0.2) is 0 Å². The van der Waals surface area contributed by atoms with Gasteiger partial charge in [-0.05, 0) is 43.2 Å². The number of hydrogen-bond acceptors (Lipinski definition) is 5. The minimum Gasteiger partial charge on any atom is -0.497 e. The monoisotopic (exact) mass is 531 g/mol. The van der Waals surface area contributed by atoms with Crippen LogP contribution in [0.4, 0.5) is 0 Å². The third-order valence-corrected chi connectivity index (χ3v) is 4.13. The van der Waals surface area contributed by atoms with Gasteiger partial charge in [0.15, 0.2) is 5.96 Å². The summed E-state index contributed by atoms with van der Waals surface area (Å²) in [7, 11) is 1.66. The Bertz CT molecular complexity index is 678. The lowest BCUT2D eigenvalue weighted by Gasteiger charge is -2.13. The number of rotatable bonds is 14. The Balaban J connectivity index is 0.00000450. The second-order valence-corrected chi connectivity index (χ2v) is 6.36. The van der Waals surface area contributed by atoms with Crippen molar-refractivity contribution in [2.45, 2.75) is 26.4 Å². The molecule has 30 heavy (non-hydrogen) atoms. The van der Waals surface area contributed by atoms with E-state index in [0.29, 0.717) is 26.3 Å². The Hall–Kier alpha value is -1.78. The first-order valence-corrected chi connectivity index (χ1v) is 10.1. The maximum absolute atomic E-state index is 5.74. The highest BCUT2D eigenvalue weighted by atomic mass is 127. The molecular weight excluding hydrogens is 497 g/mol. The molecule has 0 aliphatic rings. The van der Waals surface area contributed by atoms with Crippen LogP contribution < -0.4 is 15.4 Å². The second kappa shape index (κ2) is 17.0. The Morgan fingerprint density at radius 1 is 1.03 bits per heavy atom. The van der Waals surface area contributed by atoms with Crippen LogP contribution >= 0.6 is 24.0 Å². The van der Waals surface area contributed by atoms with Crippen LogP contribution in [0.2, 0.25) is 0 Å². The third-order valence-electron chi connectivity index (χ3n) is 4.13. The smallest absolute Gasteiger partial charge is 0.191 e. The molecule has 168 valence electrons. The fourth-order valence-corrected chi connectivity index (χ4v) is 2.59. The van der Waals surface area contributed by atoms with E-state index in [-0.39, 0.29) is 24.0 Å². The lowest BCUT2D eigenvalue weighted by molar-refractivity contribution is 0.125. The summed E-state index contributed by atoms with van der Waals surface area (Å²) >= 11 is 0. The molecule has 0 atom stereocenters. The predicted octanol–water partition coefficient (Wildman–Crippen LogP) is 3.63. The molecular formula is C22H34IN3O4. The predicted molar refractivity (Wildman–Crippen MR) is 130 cm³/mol. The van der Waals surface area contributed by atoms with Crippen molar-refractivity contribution in [1.29, 1.82) is 0 Å². The molecule has 0 amide bonds. The number of ether oxygens (including phenoxy) is 3. The van der Waals surface area contributed by atoms with E-state index in [2.05, 4.69) is 15.6 Å². The molecule has 0 aliphatic heterocycles. The highest BCUT2D eigenvalue weighted by Crippen LogP contribution is 2.11. The Labute approximate surface area is 196 Å². The molecule has 0 radical (unpaired) electrons. The summed E-state index contributed by atoms with van der Waals surface area (Å²) < 4.78 is 21.6. The SMILES string of the molecule is CCOCCCN=C(NCCOCc1ccc(OC)cc1)NCCc1ccco1.I. The number of benzene rings is 1. The number of furan rings is 1. The van der Waals surface area contributed by atoms with Crippen molar-refractivity contribution in [3.05, 3.63) is 54.0 Å². The zero-order chi connectivity index (χ0) is 20.6. The van der Waals surface area contributed by atoms with Gasteiger partial charge in [-0.2, -0.15) is 0 Å². The highest BCUT2D eigenvalue weighted by molar-refractivity contribution is 14.0. The van der Waals surface area contributed by atoms with Gasteiger partial charge in [0.25, 0.3) is 0 Å². The Morgan fingerprint density at radius 2 is 1.83 bits per heavy atom. The molecule has 0 saturated heterocycles. The second-order valence-electron chi connectivity index (χ2n) is 6.36. The summed E-state index contributed by atoms with van der Waals surface area (Å²) in [6.45, 7) is 6.75. The average molecular weight is 531 g/mol. The zero-order valence-electron chi connectivity index (χ0n) is 17.9. The first-order chi connectivity index (χ1) is 14.3. The zero-order valence-corrected chi connectivity index (χ0v) is 20.2. The van der Waals surface area contributed by atoms with E-state index < -0.39 is 0 Å². The Kier molecular flexibility index (Phi) is 14.8. The van der Waals surface area contributed by atoms with Crippen molar-refractivity contribution in [3.8, 4) is 5.75 Å². The first kappa shape index (κ1) is 26.3. The van der Waals surface area contributed by atoms with E-state index in [1.54, 1.807) is 13.4 Å². The van der Waals surface area contributed by atoms with E-state index in [4.69, 9.17) is 18.6 Å². The van der Waals surface area contributed by atoms with Gasteiger partial charge >= 0.3 is 0 Å². The topological polar surface area (TPSA) is 77.2 Å². The van der Waals surface area contributed by atoms with Gasteiger partial charge in [0.2, 0.25) is 0 Å². The van der Waals surface area contributed by atoms with Crippen molar-refractivity contribution >= 4 is 29.9 Å². The van der Waals surface area contributed by atoms with Gasteiger partial charge in [-0.15, -0.1) is 24.0 Å². The molecule has 2 N–H and O–H groups in total. The lowest BCUT2D eigenvalue weighted by atomic mass is 10.2. The minimum absolute atomic E-state index is 0. The number of nitrogens with one attached hydrogen (secondary N) is 2. The van der Waals surface area contributed by atoms with E-state index in [1.165, 1.54) is 0 Å². The molecule has 2 rings (SSSR count). The van der Waals surface area contributed by atoms with Crippen LogP contribution in [-0.4, -0.2) is 52.5 Å². The van der Waals surface area contributed by atoms with Crippen LogP contribution in [0.5, 0.6) is 5.75 Å².